The van der Waals surface area contributed by atoms with Crippen molar-refractivity contribution in [2.75, 3.05) is 19.5 Å². The highest BCUT2D eigenvalue weighted by atomic mass is 16.5. The van der Waals surface area contributed by atoms with Gasteiger partial charge in [-0.05, 0) is 48.4 Å². The van der Waals surface area contributed by atoms with Crippen LogP contribution in [0, 0.1) is 0 Å². The number of benzene rings is 1. The van der Waals surface area contributed by atoms with E-state index in [9.17, 15) is 4.79 Å². The van der Waals surface area contributed by atoms with Crippen molar-refractivity contribution in [3.8, 4) is 11.5 Å². The molecule has 5 heteroatoms. The van der Waals surface area contributed by atoms with Crippen LogP contribution in [0.4, 0.5) is 5.69 Å². The number of amides is 1. The number of anilines is 1. The third kappa shape index (κ3) is 2.59. The lowest BCUT2D eigenvalue weighted by molar-refractivity contribution is -0.110. The molecule has 2 N–H and O–H groups in total. The van der Waals surface area contributed by atoms with Gasteiger partial charge < -0.3 is 19.8 Å². The van der Waals surface area contributed by atoms with Crippen LogP contribution in [-0.4, -0.2) is 25.1 Å². The molecule has 1 aromatic heterocycles. The Morgan fingerprint density at radius 2 is 1.85 bits per heavy atom. The van der Waals surface area contributed by atoms with Gasteiger partial charge in [0.05, 0.1) is 25.5 Å². The Bertz CT molecular complexity index is 922. The summed E-state index contributed by atoms with van der Waals surface area (Å²) in [5, 5.41) is 2.92. The predicted octanol–water partition coefficient (Wildman–Crippen LogP) is 4.14. The molecular weight excluding hydrogens is 328 g/mol. The van der Waals surface area contributed by atoms with Gasteiger partial charge in [-0.25, -0.2) is 0 Å². The van der Waals surface area contributed by atoms with E-state index in [1.807, 2.05) is 12.1 Å². The lowest BCUT2D eigenvalue weighted by atomic mass is 9.75. The maximum atomic E-state index is 12.5. The minimum Gasteiger partial charge on any atom is -0.493 e. The van der Waals surface area contributed by atoms with E-state index in [-0.39, 0.29) is 11.3 Å². The van der Waals surface area contributed by atoms with Gasteiger partial charge in [0.15, 0.2) is 11.5 Å². The van der Waals surface area contributed by atoms with Crippen LogP contribution in [-0.2, 0) is 16.6 Å². The molecule has 0 saturated heterocycles. The minimum absolute atomic E-state index is 0.109. The first kappa shape index (κ1) is 16.8. The van der Waals surface area contributed by atoms with Crippen molar-refractivity contribution < 1.29 is 14.3 Å². The highest BCUT2D eigenvalue weighted by molar-refractivity contribution is 6.35. The Morgan fingerprint density at radius 3 is 2.54 bits per heavy atom. The summed E-state index contributed by atoms with van der Waals surface area (Å²) in [4.78, 5) is 16.0. The van der Waals surface area contributed by atoms with E-state index in [0.29, 0.717) is 17.1 Å². The molecule has 0 saturated carbocycles. The first-order valence-electron chi connectivity index (χ1n) is 8.95. The summed E-state index contributed by atoms with van der Waals surface area (Å²) in [7, 11) is 3.18. The molecule has 4 rings (SSSR count). The van der Waals surface area contributed by atoms with E-state index in [1.165, 1.54) is 24.1 Å². The smallest absolute Gasteiger partial charge is 0.256 e. The molecule has 2 heterocycles. The molecule has 2 aromatic rings. The largest absolute Gasteiger partial charge is 0.493 e. The van der Waals surface area contributed by atoms with Gasteiger partial charge in [-0.3, -0.25) is 4.79 Å². The van der Waals surface area contributed by atoms with E-state index >= 15 is 0 Å². The van der Waals surface area contributed by atoms with Crippen LogP contribution in [0.2, 0.25) is 0 Å². The lowest BCUT2D eigenvalue weighted by Crippen LogP contribution is -2.22. The monoisotopic (exact) mass is 352 g/mol. The molecule has 0 radical (unpaired) electrons. The van der Waals surface area contributed by atoms with Crippen molar-refractivity contribution in [3.63, 3.8) is 0 Å². The Hall–Kier alpha value is -2.69. The van der Waals surface area contributed by atoms with E-state index in [0.717, 1.165) is 23.4 Å². The first-order chi connectivity index (χ1) is 12.4. The molecule has 0 fully saturated rings. The highest BCUT2D eigenvalue weighted by Gasteiger charge is 2.30. The number of carbonyl (C=O) groups excluding carboxylic acids is 1. The topological polar surface area (TPSA) is 63.4 Å². The highest BCUT2D eigenvalue weighted by Crippen LogP contribution is 2.42. The summed E-state index contributed by atoms with van der Waals surface area (Å²) in [6.45, 7) is 4.56. The molecule has 1 aliphatic carbocycles. The molecule has 2 aliphatic rings. The maximum Gasteiger partial charge on any atom is 0.256 e. The zero-order valence-corrected chi connectivity index (χ0v) is 15.7. The van der Waals surface area contributed by atoms with Gasteiger partial charge in [-0.15, -0.1) is 0 Å². The van der Waals surface area contributed by atoms with Crippen LogP contribution in [0.25, 0.3) is 11.6 Å². The van der Waals surface area contributed by atoms with Crippen molar-refractivity contribution in [2.45, 2.75) is 38.5 Å². The summed E-state index contributed by atoms with van der Waals surface area (Å²) in [5.74, 6) is 1.10. The number of methoxy groups -OCH3 is 2. The number of rotatable bonds is 3. The fourth-order valence-electron chi connectivity index (χ4n) is 4.06. The number of hydrogen-bond acceptors (Lipinski definition) is 3. The van der Waals surface area contributed by atoms with E-state index < -0.39 is 0 Å². The average Bonchev–Trinajstić information content (AvgIpc) is 3.15. The van der Waals surface area contributed by atoms with E-state index in [4.69, 9.17) is 9.47 Å². The van der Waals surface area contributed by atoms with Crippen LogP contribution in [0.15, 0.2) is 18.2 Å². The number of fused-ring (bicyclic) bond motifs is 2. The average molecular weight is 352 g/mol. The Labute approximate surface area is 153 Å². The second-order valence-electron chi connectivity index (χ2n) is 7.62. The molecule has 1 aliphatic heterocycles. The summed E-state index contributed by atoms with van der Waals surface area (Å²) in [5.41, 5.74) is 6.01. The lowest BCUT2D eigenvalue weighted by Gasteiger charge is -2.29. The minimum atomic E-state index is -0.109. The standard InChI is InChI=1S/C21H24N2O3/c1-21(2)7-5-6-16-15(21)9-12(22-16)8-14-13-10-18(25-3)19(26-4)11-17(13)23-20(14)24/h8-11,22H,5-7H2,1-4H3,(H,23,24). The quantitative estimate of drug-likeness (QED) is 0.816. The second-order valence-corrected chi connectivity index (χ2v) is 7.62. The summed E-state index contributed by atoms with van der Waals surface area (Å²) < 4.78 is 10.7. The number of hydrogen-bond donors (Lipinski definition) is 2. The Morgan fingerprint density at radius 1 is 1.12 bits per heavy atom. The fourth-order valence-corrected chi connectivity index (χ4v) is 4.06. The van der Waals surface area contributed by atoms with Crippen molar-refractivity contribution in [1.82, 2.24) is 4.98 Å². The van der Waals surface area contributed by atoms with E-state index in [2.05, 4.69) is 30.2 Å². The Balaban J connectivity index is 1.78. The molecule has 26 heavy (non-hydrogen) atoms. The van der Waals surface area contributed by atoms with Gasteiger partial charge in [0.25, 0.3) is 5.91 Å². The van der Waals surface area contributed by atoms with Crippen LogP contribution >= 0.6 is 0 Å². The molecule has 136 valence electrons. The number of nitrogens with one attached hydrogen (secondary N) is 2. The summed E-state index contributed by atoms with van der Waals surface area (Å²) >= 11 is 0. The molecule has 1 aromatic carbocycles. The van der Waals surface area contributed by atoms with Gasteiger partial charge >= 0.3 is 0 Å². The van der Waals surface area contributed by atoms with Crippen molar-refractivity contribution in [3.05, 3.63) is 40.7 Å². The molecule has 0 spiro atoms. The van der Waals surface area contributed by atoms with Gasteiger partial charge in [-0.1, -0.05) is 13.8 Å². The van der Waals surface area contributed by atoms with Crippen LogP contribution in [0.3, 0.4) is 0 Å². The number of H-pyrrole nitrogens is 1. The summed E-state index contributed by atoms with van der Waals surface area (Å²) in [6.07, 6.45) is 5.38. The van der Waals surface area contributed by atoms with Crippen LogP contribution in [0.1, 0.15) is 49.2 Å². The normalized spacial score (nSPS) is 19.1. The molecule has 1 amide bonds. The molecular formula is C21H24N2O3. The SMILES string of the molecule is COc1cc2c(cc1OC)C(=Cc1cc3c([nH]1)CCCC3(C)C)C(=O)N2. The number of aromatic amines is 1. The molecule has 0 atom stereocenters. The molecule has 5 nitrogen and oxygen atoms in total. The van der Waals surface area contributed by atoms with Crippen molar-refractivity contribution in [1.29, 1.82) is 0 Å². The number of ether oxygens (including phenoxy) is 2. The fraction of sp³-hybridized carbons (Fsp3) is 0.381. The second kappa shape index (κ2) is 5.94. The zero-order chi connectivity index (χ0) is 18.5. The first-order valence-corrected chi connectivity index (χ1v) is 8.95. The maximum absolute atomic E-state index is 12.5. The number of aryl methyl sites for hydroxylation is 1. The zero-order valence-electron chi connectivity index (χ0n) is 15.7. The summed E-state index contributed by atoms with van der Waals surface area (Å²) in [6, 6.07) is 5.84. The van der Waals surface area contributed by atoms with Gasteiger partial charge in [0.2, 0.25) is 0 Å². The Kier molecular flexibility index (Phi) is 3.83. The van der Waals surface area contributed by atoms with E-state index in [1.54, 1.807) is 20.3 Å². The van der Waals surface area contributed by atoms with Crippen LogP contribution in [0.5, 0.6) is 11.5 Å². The number of aromatic nitrogens is 1. The van der Waals surface area contributed by atoms with Gasteiger partial charge in [-0.2, -0.15) is 0 Å². The third-order valence-electron chi connectivity index (χ3n) is 5.48. The molecule has 0 bridgehead atoms. The van der Waals surface area contributed by atoms with Crippen LogP contribution < -0.4 is 14.8 Å². The predicted molar refractivity (Wildman–Crippen MR) is 103 cm³/mol. The molecule has 0 unspecified atom stereocenters. The van der Waals surface area contributed by atoms with Gasteiger partial charge in [0, 0.05) is 23.0 Å². The third-order valence-corrected chi connectivity index (χ3v) is 5.48. The number of carbonyl (C=O) groups is 1. The van der Waals surface area contributed by atoms with Crippen molar-refractivity contribution in [2.24, 2.45) is 0 Å². The van der Waals surface area contributed by atoms with Crippen molar-refractivity contribution >= 4 is 23.2 Å². The van der Waals surface area contributed by atoms with Gasteiger partial charge in [0.1, 0.15) is 0 Å².